The molecule has 5 atom stereocenters. The van der Waals surface area contributed by atoms with Crippen LogP contribution in [0.3, 0.4) is 0 Å². The Hall–Kier alpha value is -1.50. The molecule has 0 aliphatic heterocycles. The molecular weight excluding hydrogens is 240 g/mol. The van der Waals surface area contributed by atoms with E-state index in [0.29, 0.717) is 23.8 Å². The summed E-state index contributed by atoms with van der Waals surface area (Å²) in [4.78, 5) is 20.7. The topological polar surface area (TPSA) is 58.9 Å². The molecule has 0 saturated heterocycles. The minimum atomic E-state index is -0.0393. The van der Waals surface area contributed by atoms with Crippen LogP contribution in [0.15, 0.2) is 22.0 Å². The van der Waals surface area contributed by atoms with E-state index in [4.69, 9.17) is 6.42 Å². The van der Waals surface area contributed by atoms with Crippen molar-refractivity contribution >= 4 is 0 Å². The molecule has 0 heterocycles. The third-order valence-electron chi connectivity index (χ3n) is 5.46. The number of nitroso groups, excluding NO2 is 2. The summed E-state index contributed by atoms with van der Waals surface area (Å²) >= 11 is 0. The predicted molar refractivity (Wildman–Crippen MR) is 73.1 cm³/mol. The van der Waals surface area contributed by atoms with Crippen molar-refractivity contribution in [1.29, 1.82) is 0 Å². The lowest BCUT2D eigenvalue weighted by Gasteiger charge is -2.39. The van der Waals surface area contributed by atoms with Crippen molar-refractivity contribution in [3.8, 4) is 12.3 Å². The van der Waals surface area contributed by atoms with E-state index in [1.54, 1.807) is 0 Å². The molecule has 0 aromatic heterocycles. The van der Waals surface area contributed by atoms with Gasteiger partial charge in [0.25, 0.3) is 0 Å². The van der Waals surface area contributed by atoms with E-state index in [0.717, 1.165) is 18.8 Å². The Morgan fingerprint density at radius 3 is 2.79 bits per heavy atom. The van der Waals surface area contributed by atoms with Crippen LogP contribution in [0.2, 0.25) is 0 Å². The van der Waals surface area contributed by atoms with Gasteiger partial charge in [-0.2, -0.15) is 9.81 Å². The molecule has 19 heavy (non-hydrogen) atoms. The van der Waals surface area contributed by atoms with Crippen LogP contribution in [0.5, 0.6) is 0 Å². The minimum absolute atomic E-state index is 0.0393. The van der Waals surface area contributed by atoms with Crippen molar-refractivity contribution in [2.45, 2.75) is 25.7 Å². The fourth-order valence-corrected chi connectivity index (χ4v) is 4.12. The van der Waals surface area contributed by atoms with E-state index in [1.165, 1.54) is 18.4 Å². The average molecular weight is 258 g/mol. The van der Waals surface area contributed by atoms with Gasteiger partial charge < -0.3 is 0 Å². The molecule has 0 aromatic rings. The second kappa shape index (κ2) is 4.56. The summed E-state index contributed by atoms with van der Waals surface area (Å²) in [5.41, 5.74) is 1.86. The third kappa shape index (κ3) is 1.92. The molecule has 3 aliphatic carbocycles. The Morgan fingerprint density at radius 1 is 1.47 bits per heavy atom. The summed E-state index contributed by atoms with van der Waals surface area (Å²) in [6, 6.07) is 0. The molecule has 0 radical (unpaired) electrons. The lowest BCUT2D eigenvalue weighted by Crippen LogP contribution is -2.33. The minimum Gasteiger partial charge on any atom is -0.151 e. The van der Waals surface area contributed by atoms with Gasteiger partial charge in [0, 0.05) is 5.92 Å². The second-order valence-corrected chi connectivity index (χ2v) is 6.33. The van der Waals surface area contributed by atoms with Crippen LogP contribution in [-0.4, -0.2) is 13.1 Å². The van der Waals surface area contributed by atoms with E-state index in [2.05, 4.69) is 22.4 Å². The lowest BCUT2D eigenvalue weighted by molar-refractivity contribution is 0.158. The van der Waals surface area contributed by atoms with Gasteiger partial charge in [-0.05, 0) is 48.9 Å². The summed E-state index contributed by atoms with van der Waals surface area (Å²) in [5, 5.41) is 5.98. The molecule has 3 aliphatic rings. The Kier molecular flexibility index (Phi) is 3.00. The van der Waals surface area contributed by atoms with Crippen molar-refractivity contribution in [3.05, 3.63) is 21.5 Å². The van der Waals surface area contributed by atoms with Gasteiger partial charge in [0.2, 0.25) is 0 Å². The number of hydrogen-bond acceptors (Lipinski definition) is 4. The Balaban J connectivity index is 1.55. The van der Waals surface area contributed by atoms with Gasteiger partial charge in [-0.25, -0.2) is 0 Å². The quantitative estimate of drug-likeness (QED) is 0.400. The maximum Gasteiger partial charge on any atom is 0.0954 e. The number of fused-ring (bicyclic) bond motifs is 1. The standard InChI is InChI=1S/C15H18N2O2/c1-2-11(8-16-18)12-3-10(4-12)6-15-7-13(15)5-14(15)9-17-19/h1,3,11-14H,4-9H2/t11-,12-,13?,14+,15?/m1/s1. The number of hydrogen-bond donors (Lipinski definition) is 0. The first-order valence-electron chi connectivity index (χ1n) is 6.97. The number of rotatable bonds is 7. The SMILES string of the molecule is C#C[C@H](CN=O)[C@@H]1C=C(CC23CC2C[C@H]3CN=O)C1. The zero-order chi connectivity index (χ0) is 13.5. The van der Waals surface area contributed by atoms with Gasteiger partial charge in [0.1, 0.15) is 0 Å². The molecule has 3 rings (SSSR count). The van der Waals surface area contributed by atoms with Gasteiger partial charge in [0.05, 0.1) is 13.1 Å². The molecule has 0 N–H and O–H groups in total. The number of nitrogens with zero attached hydrogens (tertiary/aromatic N) is 2. The van der Waals surface area contributed by atoms with E-state index in [9.17, 15) is 9.81 Å². The van der Waals surface area contributed by atoms with Crippen LogP contribution in [0.25, 0.3) is 0 Å². The fourth-order valence-electron chi connectivity index (χ4n) is 4.12. The molecule has 2 unspecified atom stereocenters. The highest BCUT2D eigenvalue weighted by molar-refractivity contribution is 5.28. The second-order valence-electron chi connectivity index (χ2n) is 6.33. The average Bonchev–Trinajstić information content (AvgIpc) is 2.93. The van der Waals surface area contributed by atoms with Gasteiger partial charge in [0.15, 0.2) is 0 Å². The van der Waals surface area contributed by atoms with Gasteiger partial charge >= 0.3 is 0 Å². The van der Waals surface area contributed by atoms with Gasteiger partial charge in [-0.1, -0.05) is 22.0 Å². The van der Waals surface area contributed by atoms with Crippen molar-refractivity contribution < 1.29 is 0 Å². The Bertz CT molecular complexity index is 479. The molecule has 0 bridgehead atoms. The van der Waals surface area contributed by atoms with Crippen molar-refractivity contribution in [2.75, 3.05) is 13.1 Å². The van der Waals surface area contributed by atoms with E-state index < -0.39 is 0 Å². The van der Waals surface area contributed by atoms with Crippen LogP contribution >= 0.6 is 0 Å². The van der Waals surface area contributed by atoms with Crippen molar-refractivity contribution in [1.82, 2.24) is 0 Å². The van der Waals surface area contributed by atoms with Crippen LogP contribution < -0.4 is 0 Å². The van der Waals surface area contributed by atoms with E-state index in [1.807, 2.05) is 0 Å². The molecule has 4 nitrogen and oxygen atoms in total. The predicted octanol–water partition coefficient (Wildman–Crippen LogP) is 3.13. The molecule has 0 spiro atoms. The summed E-state index contributed by atoms with van der Waals surface area (Å²) in [5.74, 6) is 4.29. The molecule has 2 fully saturated rings. The summed E-state index contributed by atoms with van der Waals surface area (Å²) in [6.45, 7) is 0.700. The Morgan fingerprint density at radius 2 is 2.26 bits per heavy atom. The number of allylic oxidation sites excluding steroid dienone is 2. The van der Waals surface area contributed by atoms with Crippen LogP contribution in [0, 0.1) is 51.2 Å². The molecular formula is C15H18N2O2. The van der Waals surface area contributed by atoms with E-state index in [-0.39, 0.29) is 12.5 Å². The maximum absolute atomic E-state index is 10.4. The third-order valence-corrected chi connectivity index (χ3v) is 5.46. The van der Waals surface area contributed by atoms with E-state index >= 15 is 0 Å². The first kappa shape index (κ1) is 12.5. The Labute approximate surface area is 113 Å². The van der Waals surface area contributed by atoms with Gasteiger partial charge in [-0.15, -0.1) is 12.3 Å². The number of terminal acetylenes is 1. The van der Waals surface area contributed by atoms with Crippen molar-refractivity contribution in [3.63, 3.8) is 0 Å². The summed E-state index contributed by atoms with van der Waals surface area (Å²) < 4.78 is 0. The molecule has 4 heteroatoms. The molecule has 2 saturated carbocycles. The highest BCUT2D eigenvalue weighted by Gasteiger charge is 2.67. The first-order chi connectivity index (χ1) is 9.23. The van der Waals surface area contributed by atoms with Crippen LogP contribution in [-0.2, 0) is 0 Å². The molecule has 100 valence electrons. The highest BCUT2D eigenvalue weighted by Crippen LogP contribution is 2.74. The largest absolute Gasteiger partial charge is 0.151 e. The summed E-state index contributed by atoms with van der Waals surface area (Å²) in [7, 11) is 0. The fraction of sp³-hybridized carbons (Fsp3) is 0.733. The maximum atomic E-state index is 10.4. The highest BCUT2D eigenvalue weighted by atomic mass is 16.3. The lowest BCUT2D eigenvalue weighted by atomic mass is 9.66. The monoisotopic (exact) mass is 258 g/mol. The van der Waals surface area contributed by atoms with Crippen LogP contribution in [0.4, 0.5) is 0 Å². The zero-order valence-electron chi connectivity index (χ0n) is 10.9. The summed E-state index contributed by atoms with van der Waals surface area (Å²) in [6.07, 6.45) is 12.2. The van der Waals surface area contributed by atoms with Crippen molar-refractivity contribution in [2.24, 2.45) is 39.4 Å². The zero-order valence-corrected chi connectivity index (χ0v) is 10.9. The smallest absolute Gasteiger partial charge is 0.0954 e. The first-order valence-corrected chi connectivity index (χ1v) is 6.97. The van der Waals surface area contributed by atoms with Crippen LogP contribution in [0.1, 0.15) is 25.7 Å². The molecule has 0 amide bonds. The normalized spacial score (nSPS) is 39.7. The molecule has 0 aromatic carbocycles. The van der Waals surface area contributed by atoms with Gasteiger partial charge in [-0.3, -0.25) is 0 Å².